The molecular formula is C14H22N2O. The number of carbonyl (C=O) groups excluding carboxylic acids is 1. The quantitative estimate of drug-likeness (QED) is 0.786. The van der Waals surface area contributed by atoms with Crippen LogP contribution in [0.15, 0.2) is 24.3 Å². The van der Waals surface area contributed by atoms with Crippen molar-refractivity contribution in [2.45, 2.75) is 33.6 Å². The molecular weight excluding hydrogens is 212 g/mol. The maximum atomic E-state index is 11.6. The first kappa shape index (κ1) is 13.6. The lowest BCUT2D eigenvalue weighted by molar-refractivity contribution is -0.121. The number of hydrogen-bond donors (Lipinski definition) is 2. The minimum atomic E-state index is 0.0994. The van der Waals surface area contributed by atoms with Crippen molar-refractivity contribution < 1.29 is 4.79 Å². The van der Waals surface area contributed by atoms with Gasteiger partial charge in [0.25, 0.3) is 0 Å². The summed E-state index contributed by atoms with van der Waals surface area (Å²) in [4.78, 5) is 11.6. The SMILES string of the molecule is CC(C)(C)CNC(=O)CCc1cccc(N)c1. The van der Waals surface area contributed by atoms with Crippen LogP contribution in [0.4, 0.5) is 5.69 Å². The van der Waals surface area contributed by atoms with Gasteiger partial charge in [0.1, 0.15) is 0 Å². The van der Waals surface area contributed by atoms with Gasteiger partial charge in [0.05, 0.1) is 0 Å². The molecule has 3 nitrogen and oxygen atoms in total. The minimum absolute atomic E-state index is 0.0994. The van der Waals surface area contributed by atoms with Crippen LogP contribution in [0.5, 0.6) is 0 Å². The van der Waals surface area contributed by atoms with Gasteiger partial charge in [-0.2, -0.15) is 0 Å². The molecule has 0 radical (unpaired) electrons. The number of aryl methyl sites for hydroxylation is 1. The summed E-state index contributed by atoms with van der Waals surface area (Å²) < 4.78 is 0. The highest BCUT2D eigenvalue weighted by Crippen LogP contribution is 2.11. The number of benzene rings is 1. The lowest BCUT2D eigenvalue weighted by atomic mass is 9.97. The Balaban J connectivity index is 2.33. The molecule has 0 aliphatic carbocycles. The number of carbonyl (C=O) groups is 1. The molecule has 0 unspecified atom stereocenters. The molecule has 3 heteroatoms. The summed E-state index contributed by atoms with van der Waals surface area (Å²) in [6.07, 6.45) is 1.25. The van der Waals surface area contributed by atoms with Crippen molar-refractivity contribution in [1.82, 2.24) is 5.32 Å². The Labute approximate surface area is 103 Å². The number of anilines is 1. The normalized spacial score (nSPS) is 11.2. The molecule has 3 N–H and O–H groups in total. The maximum Gasteiger partial charge on any atom is 0.220 e. The molecule has 1 rings (SSSR count). The van der Waals surface area contributed by atoms with Gasteiger partial charge in [-0.3, -0.25) is 4.79 Å². The number of nitrogens with two attached hydrogens (primary N) is 1. The second-order valence-electron chi connectivity index (χ2n) is 5.58. The van der Waals surface area contributed by atoms with Crippen LogP contribution in [0.1, 0.15) is 32.8 Å². The van der Waals surface area contributed by atoms with E-state index in [1.54, 1.807) is 0 Å². The Morgan fingerprint density at radius 2 is 2.06 bits per heavy atom. The molecule has 0 aliphatic rings. The van der Waals surface area contributed by atoms with Gasteiger partial charge in [0, 0.05) is 18.7 Å². The van der Waals surface area contributed by atoms with Crippen molar-refractivity contribution in [3.05, 3.63) is 29.8 Å². The second-order valence-corrected chi connectivity index (χ2v) is 5.58. The molecule has 94 valence electrons. The molecule has 0 fully saturated rings. The monoisotopic (exact) mass is 234 g/mol. The van der Waals surface area contributed by atoms with Gasteiger partial charge < -0.3 is 11.1 Å². The van der Waals surface area contributed by atoms with Gasteiger partial charge in [0.15, 0.2) is 0 Å². The van der Waals surface area contributed by atoms with Crippen LogP contribution in [0.2, 0.25) is 0 Å². The summed E-state index contributed by atoms with van der Waals surface area (Å²) in [7, 11) is 0. The number of nitrogens with one attached hydrogen (secondary N) is 1. The number of rotatable bonds is 4. The van der Waals surface area contributed by atoms with Crippen LogP contribution in [0, 0.1) is 5.41 Å². The molecule has 1 amide bonds. The van der Waals surface area contributed by atoms with E-state index in [2.05, 4.69) is 26.1 Å². The molecule has 0 saturated heterocycles. The lowest BCUT2D eigenvalue weighted by Crippen LogP contribution is -2.32. The average molecular weight is 234 g/mol. The van der Waals surface area contributed by atoms with Crippen LogP contribution in [-0.2, 0) is 11.2 Å². The van der Waals surface area contributed by atoms with Crippen LogP contribution >= 0.6 is 0 Å². The summed E-state index contributed by atoms with van der Waals surface area (Å²) in [5.41, 5.74) is 7.67. The highest BCUT2D eigenvalue weighted by Gasteiger charge is 2.11. The zero-order valence-electron chi connectivity index (χ0n) is 10.9. The molecule has 0 spiro atoms. The van der Waals surface area contributed by atoms with Crippen molar-refractivity contribution in [3.8, 4) is 0 Å². The van der Waals surface area contributed by atoms with E-state index < -0.39 is 0 Å². The Hall–Kier alpha value is -1.51. The van der Waals surface area contributed by atoms with Crippen molar-refractivity contribution in [1.29, 1.82) is 0 Å². The van der Waals surface area contributed by atoms with Crippen LogP contribution in [0.25, 0.3) is 0 Å². The smallest absolute Gasteiger partial charge is 0.220 e. The Bertz CT molecular complexity index is 380. The zero-order chi connectivity index (χ0) is 12.9. The zero-order valence-corrected chi connectivity index (χ0v) is 10.9. The van der Waals surface area contributed by atoms with Crippen molar-refractivity contribution in [2.24, 2.45) is 5.41 Å². The topological polar surface area (TPSA) is 55.1 Å². The standard InChI is InChI=1S/C14H22N2O/c1-14(2,3)10-16-13(17)8-7-11-5-4-6-12(15)9-11/h4-6,9H,7-8,10,15H2,1-3H3,(H,16,17). The highest BCUT2D eigenvalue weighted by atomic mass is 16.1. The van der Waals surface area contributed by atoms with Gasteiger partial charge in [-0.25, -0.2) is 0 Å². The van der Waals surface area contributed by atoms with E-state index in [0.29, 0.717) is 13.0 Å². The molecule has 0 atom stereocenters. The van der Waals surface area contributed by atoms with Crippen LogP contribution in [0.3, 0.4) is 0 Å². The first-order valence-electron chi connectivity index (χ1n) is 5.98. The van der Waals surface area contributed by atoms with E-state index >= 15 is 0 Å². The fraction of sp³-hybridized carbons (Fsp3) is 0.500. The summed E-state index contributed by atoms with van der Waals surface area (Å²) in [5.74, 6) is 0.0994. The Morgan fingerprint density at radius 1 is 1.35 bits per heavy atom. The Morgan fingerprint density at radius 3 is 2.65 bits per heavy atom. The lowest BCUT2D eigenvalue weighted by Gasteiger charge is -2.18. The van der Waals surface area contributed by atoms with Gasteiger partial charge in [-0.15, -0.1) is 0 Å². The first-order valence-corrected chi connectivity index (χ1v) is 5.98. The summed E-state index contributed by atoms with van der Waals surface area (Å²) in [5, 5.41) is 2.94. The molecule has 1 aromatic carbocycles. The predicted molar refractivity (Wildman–Crippen MR) is 71.6 cm³/mol. The molecule has 0 heterocycles. The third-order valence-corrected chi connectivity index (χ3v) is 2.41. The third kappa shape index (κ3) is 5.95. The highest BCUT2D eigenvalue weighted by molar-refractivity contribution is 5.76. The molecule has 17 heavy (non-hydrogen) atoms. The van der Waals surface area contributed by atoms with Gasteiger partial charge >= 0.3 is 0 Å². The van der Waals surface area contributed by atoms with Crippen LogP contribution < -0.4 is 11.1 Å². The number of hydrogen-bond acceptors (Lipinski definition) is 2. The minimum Gasteiger partial charge on any atom is -0.399 e. The number of nitrogen functional groups attached to an aromatic ring is 1. The van der Waals surface area contributed by atoms with Gasteiger partial charge in [-0.1, -0.05) is 32.9 Å². The van der Waals surface area contributed by atoms with Gasteiger partial charge in [-0.05, 0) is 29.5 Å². The van der Waals surface area contributed by atoms with Crippen molar-refractivity contribution >= 4 is 11.6 Å². The fourth-order valence-corrected chi connectivity index (χ4v) is 1.46. The molecule has 0 aromatic heterocycles. The Kier molecular flexibility index (Phi) is 4.55. The molecule has 0 bridgehead atoms. The van der Waals surface area contributed by atoms with E-state index in [0.717, 1.165) is 17.7 Å². The van der Waals surface area contributed by atoms with E-state index in [1.165, 1.54) is 0 Å². The predicted octanol–water partition coefficient (Wildman–Crippen LogP) is 2.36. The summed E-state index contributed by atoms with van der Waals surface area (Å²) in [6, 6.07) is 7.67. The largest absolute Gasteiger partial charge is 0.399 e. The van der Waals surface area contributed by atoms with Crippen LogP contribution in [-0.4, -0.2) is 12.5 Å². The maximum absolute atomic E-state index is 11.6. The van der Waals surface area contributed by atoms with E-state index in [4.69, 9.17) is 5.73 Å². The molecule has 0 saturated carbocycles. The summed E-state index contributed by atoms with van der Waals surface area (Å²) in [6.45, 7) is 7.02. The van der Waals surface area contributed by atoms with Gasteiger partial charge in [0.2, 0.25) is 5.91 Å². The van der Waals surface area contributed by atoms with Crippen molar-refractivity contribution in [2.75, 3.05) is 12.3 Å². The first-order chi connectivity index (χ1) is 7.87. The molecule has 0 aliphatic heterocycles. The van der Waals surface area contributed by atoms with E-state index in [9.17, 15) is 4.79 Å². The van der Waals surface area contributed by atoms with E-state index in [1.807, 2.05) is 24.3 Å². The second kappa shape index (κ2) is 5.71. The fourth-order valence-electron chi connectivity index (χ4n) is 1.46. The molecule has 1 aromatic rings. The van der Waals surface area contributed by atoms with E-state index in [-0.39, 0.29) is 11.3 Å². The van der Waals surface area contributed by atoms with Crippen molar-refractivity contribution in [3.63, 3.8) is 0 Å². The average Bonchev–Trinajstić information content (AvgIpc) is 2.23. The summed E-state index contributed by atoms with van der Waals surface area (Å²) >= 11 is 0. The third-order valence-electron chi connectivity index (χ3n) is 2.41. The number of amides is 1.